The molecule has 1 aromatic heterocycles. The second kappa shape index (κ2) is 6.18. The zero-order valence-electron chi connectivity index (χ0n) is 11.4. The third-order valence-electron chi connectivity index (χ3n) is 3.85. The molecule has 0 saturated carbocycles. The molecule has 1 fully saturated rings. The summed E-state index contributed by atoms with van der Waals surface area (Å²) in [5, 5.41) is 3.25. The average molecular weight is 286 g/mol. The topological polar surface area (TPSA) is 33.2 Å². The second-order valence-corrected chi connectivity index (χ2v) is 6.11. The van der Waals surface area contributed by atoms with Crippen LogP contribution in [0, 0.1) is 0 Å². The fraction of sp³-hybridized carbons (Fsp3) is 0.375. The van der Waals surface area contributed by atoms with Crippen molar-refractivity contribution in [1.82, 2.24) is 9.88 Å². The van der Waals surface area contributed by atoms with Gasteiger partial charge in [-0.25, -0.2) is 4.98 Å². The lowest BCUT2D eigenvalue weighted by Crippen LogP contribution is -2.38. The van der Waals surface area contributed by atoms with E-state index in [0.29, 0.717) is 12.3 Å². The highest BCUT2D eigenvalue weighted by atomic mass is 32.1. The van der Waals surface area contributed by atoms with E-state index in [1.54, 1.807) is 11.3 Å². The van der Waals surface area contributed by atoms with E-state index < -0.39 is 0 Å². The highest BCUT2D eigenvalue weighted by molar-refractivity contribution is 7.09. The number of carbonyl (C=O) groups is 1. The number of amides is 1. The van der Waals surface area contributed by atoms with Crippen LogP contribution in [0.1, 0.15) is 29.3 Å². The van der Waals surface area contributed by atoms with Gasteiger partial charge in [-0.1, -0.05) is 30.3 Å². The Morgan fingerprint density at radius 3 is 2.65 bits per heavy atom. The molecule has 2 heterocycles. The Morgan fingerprint density at radius 1 is 1.25 bits per heavy atom. The Hall–Kier alpha value is -1.68. The molecule has 20 heavy (non-hydrogen) atoms. The lowest BCUT2D eigenvalue weighted by molar-refractivity contribution is -0.131. The van der Waals surface area contributed by atoms with Gasteiger partial charge in [-0.3, -0.25) is 4.79 Å². The van der Waals surface area contributed by atoms with Crippen LogP contribution in [0.4, 0.5) is 0 Å². The predicted octanol–water partition coefficient (Wildman–Crippen LogP) is 3.09. The number of likely N-dealkylation sites (tertiary alicyclic amines) is 1. The van der Waals surface area contributed by atoms with Crippen molar-refractivity contribution >= 4 is 17.2 Å². The number of hydrogen-bond donors (Lipinski definition) is 0. The number of thiazole rings is 1. The molecule has 0 aliphatic carbocycles. The number of nitrogens with zero attached hydrogens (tertiary/aromatic N) is 2. The predicted molar refractivity (Wildman–Crippen MR) is 80.8 cm³/mol. The smallest absolute Gasteiger partial charge is 0.226 e. The summed E-state index contributed by atoms with van der Waals surface area (Å²) in [5.41, 5.74) is 1.10. The van der Waals surface area contributed by atoms with Crippen molar-refractivity contribution < 1.29 is 4.79 Å². The Bertz CT molecular complexity index is 545. The standard InChI is InChI=1S/C16H18N2OS/c19-15(12-13-4-2-1-3-5-13)18-9-6-14(7-10-18)16-17-8-11-20-16/h1-5,8,11,14H,6-7,9-10,12H2. The molecule has 1 aliphatic heterocycles. The van der Waals surface area contributed by atoms with E-state index in [-0.39, 0.29) is 5.91 Å². The lowest BCUT2D eigenvalue weighted by atomic mass is 9.97. The van der Waals surface area contributed by atoms with Crippen molar-refractivity contribution in [3.63, 3.8) is 0 Å². The van der Waals surface area contributed by atoms with Crippen LogP contribution in [0.15, 0.2) is 41.9 Å². The highest BCUT2D eigenvalue weighted by Crippen LogP contribution is 2.29. The number of hydrogen-bond acceptors (Lipinski definition) is 3. The maximum atomic E-state index is 12.3. The Kier molecular flexibility index (Phi) is 4.11. The second-order valence-electron chi connectivity index (χ2n) is 5.19. The summed E-state index contributed by atoms with van der Waals surface area (Å²) in [7, 11) is 0. The van der Waals surface area contributed by atoms with Crippen molar-refractivity contribution in [2.45, 2.75) is 25.2 Å². The fourth-order valence-electron chi connectivity index (χ4n) is 2.69. The van der Waals surface area contributed by atoms with Crippen LogP contribution in [0.25, 0.3) is 0 Å². The van der Waals surface area contributed by atoms with Crippen molar-refractivity contribution in [1.29, 1.82) is 0 Å². The lowest BCUT2D eigenvalue weighted by Gasteiger charge is -2.31. The van der Waals surface area contributed by atoms with Gasteiger partial charge in [0.25, 0.3) is 0 Å². The quantitative estimate of drug-likeness (QED) is 0.868. The maximum Gasteiger partial charge on any atom is 0.226 e. The summed E-state index contributed by atoms with van der Waals surface area (Å²) in [6.45, 7) is 1.71. The first-order valence-corrected chi connectivity index (χ1v) is 7.92. The molecule has 0 atom stereocenters. The molecule has 0 unspecified atom stereocenters. The SMILES string of the molecule is O=C(Cc1ccccc1)N1CCC(c2nccs2)CC1. The summed E-state index contributed by atoms with van der Waals surface area (Å²) in [4.78, 5) is 18.7. The molecule has 4 heteroatoms. The monoisotopic (exact) mass is 286 g/mol. The number of benzene rings is 1. The molecule has 0 bridgehead atoms. The van der Waals surface area contributed by atoms with Crippen LogP contribution in [0.3, 0.4) is 0 Å². The van der Waals surface area contributed by atoms with Crippen molar-refractivity contribution in [3.05, 3.63) is 52.5 Å². The van der Waals surface area contributed by atoms with Gasteiger partial charge in [0.2, 0.25) is 5.91 Å². The van der Waals surface area contributed by atoms with Gasteiger partial charge in [0.15, 0.2) is 0 Å². The number of piperidine rings is 1. The molecule has 1 amide bonds. The molecular weight excluding hydrogens is 268 g/mol. The summed E-state index contributed by atoms with van der Waals surface area (Å²) in [6, 6.07) is 9.97. The molecule has 104 valence electrons. The summed E-state index contributed by atoms with van der Waals surface area (Å²) in [5.74, 6) is 0.782. The normalized spacial score (nSPS) is 16.3. The minimum atomic E-state index is 0.244. The third-order valence-corrected chi connectivity index (χ3v) is 4.78. The molecule has 1 saturated heterocycles. The highest BCUT2D eigenvalue weighted by Gasteiger charge is 2.24. The summed E-state index contributed by atoms with van der Waals surface area (Å²) >= 11 is 1.73. The van der Waals surface area contributed by atoms with Gasteiger partial charge in [-0.05, 0) is 18.4 Å². The van der Waals surface area contributed by atoms with E-state index in [1.807, 2.05) is 46.8 Å². The molecule has 1 aromatic carbocycles. The average Bonchev–Trinajstić information content (AvgIpc) is 3.03. The van der Waals surface area contributed by atoms with Crippen LogP contribution in [-0.2, 0) is 11.2 Å². The molecule has 0 radical (unpaired) electrons. The van der Waals surface area contributed by atoms with Crippen molar-refractivity contribution in [3.8, 4) is 0 Å². The van der Waals surface area contributed by atoms with E-state index in [1.165, 1.54) is 5.01 Å². The van der Waals surface area contributed by atoms with E-state index in [2.05, 4.69) is 4.98 Å². The van der Waals surface area contributed by atoms with Gasteiger partial charge in [-0.15, -0.1) is 11.3 Å². The van der Waals surface area contributed by atoms with Crippen molar-refractivity contribution in [2.75, 3.05) is 13.1 Å². The van der Waals surface area contributed by atoms with Gasteiger partial charge in [0.05, 0.1) is 11.4 Å². The van der Waals surface area contributed by atoms with E-state index >= 15 is 0 Å². The summed E-state index contributed by atoms with van der Waals surface area (Å²) < 4.78 is 0. The van der Waals surface area contributed by atoms with Crippen LogP contribution in [0.5, 0.6) is 0 Å². The Labute approximate surface area is 123 Å². The fourth-order valence-corrected chi connectivity index (χ4v) is 3.51. The zero-order chi connectivity index (χ0) is 13.8. The van der Waals surface area contributed by atoms with Crippen LogP contribution in [0.2, 0.25) is 0 Å². The molecule has 3 rings (SSSR count). The van der Waals surface area contributed by atoms with Crippen LogP contribution in [-0.4, -0.2) is 28.9 Å². The molecular formula is C16H18N2OS. The number of aromatic nitrogens is 1. The van der Waals surface area contributed by atoms with Gasteiger partial charge in [-0.2, -0.15) is 0 Å². The van der Waals surface area contributed by atoms with Crippen LogP contribution < -0.4 is 0 Å². The minimum absolute atomic E-state index is 0.244. The first-order chi connectivity index (χ1) is 9.83. The third kappa shape index (κ3) is 3.07. The number of carbonyl (C=O) groups excluding carboxylic acids is 1. The first kappa shape index (κ1) is 13.3. The molecule has 3 nitrogen and oxygen atoms in total. The van der Waals surface area contributed by atoms with E-state index in [0.717, 1.165) is 31.5 Å². The van der Waals surface area contributed by atoms with Gasteiger partial charge >= 0.3 is 0 Å². The molecule has 1 aliphatic rings. The largest absolute Gasteiger partial charge is 0.342 e. The van der Waals surface area contributed by atoms with Gasteiger partial charge in [0, 0.05) is 30.6 Å². The Balaban J connectivity index is 1.54. The molecule has 2 aromatic rings. The number of rotatable bonds is 3. The first-order valence-electron chi connectivity index (χ1n) is 7.04. The molecule has 0 spiro atoms. The van der Waals surface area contributed by atoms with Crippen LogP contribution >= 0.6 is 11.3 Å². The minimum Gasteiger partial charge on any atom is -0.342 e. The summed E-state index contributed by atoms with van der Waals surface area (Å²) in [6.07, 6.45) is 4.46. The molecule has 0 N–H and O–H groups in total. The van der Waals surface area contributed by atoms with Crippen molar-refractivity contribution in [2.24, 2.45) is 0 Å². The van der Waals surface area contributed by atoms with E-state index in [9.17, 15) is 4.79 Å². The van der Waals surface area contributed by atoms with Gasteiger partial charge < -0.3 is 4.90 Å². The maximum absolute atomic E-state index is 12.3. The van der Waals surface area contributed by atoms with Gasteiger partial charge in [0.1, 0.15) is 0 Å². The zero-order valence-corrected chi connectivity index (χ0v) is 12.2. The Morgan fingerprint density at radius 2 is 2.00 bits per heavy atom. The van der Waals surface area contributed by atoms with E-state index in [4.69, 9.17) is 0 Å².